The van der Waals surface area contributed by atoms with Gasteiger partial charge in [-0.2, -0.15) is 0 Å². The predicted molar refractivity (Wildman–Crippen MR) is 74.3 cm³/mol. The van der Waals surface area contributed by atoms with Gasteiger partial charge in [0.1, 0.15) is 24.0 Å². The maximum absolute atomic E-state index is 11.7. The number of fused-ring (bicyclic) bond motifs is 1. The summed E-state index contributed by atoms with van der Waals surface area (Å²) in [6, 6.07) is 1.48. The second-order valence-electron chi connectivity index (χ2n) is 5.02. The summed E-state index contributed by atoms with van der Waals surface area (Å²) in [7, 11) is -4.73. The molecule has 1 fully saturated rings. The Morgan fingerprint density at radius 1 is 1.39 bits per heavy atom. The Morgan fingerprint density at radius 3 is 2.83 bits per heavy atom. The Kier molecular flexibility index (Phi) is 4.10. The summed E-state index contributed by atoms with van der Waals surface area (Å²) in [5.74, 6) is 0. The molecule has 2 aromatic heterocycles. The lowest BCUT2D eigenvalue weighted by molar-refractivity contribution is -0.0501. The molecule has 1 aliphatic heterocycles. The number of rotatable bonds is 4. The number of nitrogens with zero attached hydrogens (tertiary/aromatic N) is 2. The van der Waals surface area contributed by atoms with Gasteiger partial charge in [-0.05, 0) is 6.07 Å². The molecular weight excluding hydrogens is 333 g/mol. The van der Waals surface area contributed by atoms with Crippen molar-refractivity contribution in [2.75, 3.05) is 6.61 Å². The first-order valence-corrected chi connectivity index (χ1v) is 8.07. The van der Waals surface area contributed by atoms with Crippen LogP contribution in [-0.4, -0.2) is 59.5 Å². The zero-order valence-corrected chi connectivity index (χ0v) is 12.4. The molecule has 12 heteroatoms. The molecule has 3 heterocycles. The van der Waals surface area contributed by atoms with Crippen LogP contribution in [0.4, 0.5) is 0 Å². The normalized spacial score (nSPS) is 28.5. The Labute approximate surface area is 128 Å². The molecule has 11 nitrogen and oxygen atoms in total. The van der Waals surface area contributed by atoms with Gasteiger partial charge < -0.3 is 34.3 Å². The van der Waals surface area contributed by atoms with Crippen molar-refractivity contribution in [2.24, 2.45) is 0 Å². The van der Waals surface area contributed by atoms with Crippen LogP contribution >= 0.6 is 7.82 Å². The highest BCUT2D eigenvalue weighted by Gasteiger charge is 2.44. The predicted octanol–water partition coefficient (Wildman–Crippen LogP) is -1.55. The zero-order valence-electron chi connectivity index (χ0n) is 11.5. The van der Waals surface area contributed by atoms with Crippen molar-refractivity contribution in [2.45, 2.75) is 24.5 Å². The number of aromatic nitrogens is 3. The summed E-state index contributed by atoms with van der Waals surface area (Å²) in [6.45, 7) is -0.605. The van der Waals surface area contributed by atoms with E-state index >= 15 is 0 Å². The lowest BCUT2D eigenvalue weighted by atomic mass is 10.1. The third-order valence-electron chi connectivity index (χ3n) is 3.53. The second-order valence-corrected chi connectivity index (χ2v) is 6.26. The van der Waals surface area contributed by atoms with Crippen molar-refractivity contribution in [1.29, 1.82) is 0 Å². The molecule has 126 valence electrons. The number of H-pyrrole nitrogens is 1. The van der Waals surface area contributed by atoms with Crippen LogP contribution in [0.25, 0.3) is 11.0 Å². The summed E-state index contributed by atoms with van der Waals surface area (Å²) >= 11 is 0. The van der Waals surface area contributed by atoms with Gasteiger partial charge in [0, 0.05) is 6.20 Å². The number of phosphoric ester groups is 1. The first-order valence-electron chi connectivity index (χ1n) is 6.54. The molecule has 3 rings (SSSR count). The van der Waals surface area contributed by atoms with E-state index in [0.717, 1.165) is 0 Å². The summed E-state index contributed by atoms with van der Waals surface area (Å²) in [5, 5.41) is 20.3. The molecule has 0 amide bonds. The van der Waals surface area contributed by atoms with Crippen LogP contribution in [-0.2, 0) is 13.8 Å². The minimum absolute atomic E-state index is 0.238. The molecule has 0 aliphatic carbocycles. The van der Waals surface area contributed by atoms with Crippen molar-refractivity contribution in [3.8, 4) is 0 Å². The fourth-order valence-electron chi connectivity index (χ4n) is 2.45. The van der Waals surface area contributed by atoms with E-state index in [2.05, 4.69) is 14.5 Å². The largest absolute Gasteiger partial charge is 0.469 e. The molecule has 5 N–H and O–H groups in total. The molecule has 0 radical (unpaired) electrons. The zero-order chi connectivity index (χ0) is 16.8. The molecule has 0 unspecified atom stereocenters. The standard InChI is InChI=1S/C11H14N3O8P/c15-7-6(3-21-23(18,19)20)22-11(8(7)16)14-2-1-5-9(14)12-4-13-10(5)17/h1-2,4,6-8,11,15-16H,3H2,(H,12,13,17)(H2,18,19,20)/t6-,7-,8+,11-/m1/s1. The first-order chi connectivity index (χ1) is 10.8. The Hall–Kier alpha value is -1.59. The van der Waals surface area contributed by atoms with E-state index in [1.54, 1.807) is 0 Å². The SMILES string of the molecule is O=c1[nH]cnc2c1ccn2[C@@H]1O[C@H](COP(=O)(O)O)[C@@H](O)[C@@H]1O. The van der Waals surface area contributed by atoms with E-state index in [1.165, 1.54) is 23.2 Å². The quantitative estimate of drug-likeness (QED) is 0.411. The highest BCUT2D eigenvalue weighted by atomic mass is 31.2. The van der Waals surface area contributed by atoms with Crippen molar-refractivity contribution in [3.05, 3.63) is 28.9 Å². The molecule has 1 saturated heterocycles. The van der Waals surface area contributed by atoms with Gasteiger partial charge in [-0.25, -0.2) is 9.55 Å². The fraction of sp³-hybridized carbons (Fsp3) is 0.455. The number of aromatic amines is 1. The van der Waals surface area contributed by atoms with Crippen LogP contribution in [0.2, 0.25) is 0 Å². The van der Waals surface area contributed by atoms with E-state index in [4.69, 9.17) is 14.5 Å². The third-order valence-corrected chi connectivity index (χ3v) is 4.02. The number of hydrogen-bond acceptors (Lipinski definition) is 7. The van der Waals surface area contributed by atoms with Crippen molar-refractivity contribution in [1.82, 2.24) is 14.5 Å². The van der Waals surface area contributed by atoms with Crippen molar-refractivity contribution < 1.29 is 33.8 Å². The highest BCUT2D eigenvalue weighted by Crippen LogP contribution is 2.38. The minimum Gasteiger partial charge on any atom is -0.387 e. The molecule has 23 heavy (non-hydrogen) atoms. The molecule has 2 aromatic rings. The third kappa shape index (κ3) is 3.08. The number of phosphoric acid groups is 1. The number of ether oxygens (including phenoxy) is 1. The van der Waals surface area contributed by atoms with Crippen molar-refractivity contribution >= 4 is 18.9 Å². The maximum Gasteiger partial charge on any atom is 0.469 e. The monoisotopic (exact) mass is 347 g/mol. The van der Waals surface area contributed by atoms with Gasteiger partial charge in [0.2, 0.25) is 0 Å². The molecule has 0 saturated carbocycles. The fourth-order valence-corrected chi connectivity index (χ4v) is 2.80. The van der Waals surface area contributed by atoms with Gasteiger partial charge in [0.25, 0.3) is 5.56 Å². The van der Waals surface area contributed by atoms with E-state index in [0.29, 0.717) is 0 Å². The lowest BCUT2D eigenvalue weighted by Crippen LogP contribution is -2.33. The number of aliphatic hydroxyl groups excluding tert-OH is 2. The smallest absolute Gasteiger partial charge is 0.387 e. The lowest BCUT2D eigenvalue weighted by Gasteiger charge is -2.17. The van der Waals surface area contributed by atoms with Crippen LogP contribution in [0, 0.1) is 0 Å². The summed E-state index contributed by atoms with van der Waals surface area (Å²) in [5.41, 5.74) is -0.135. The maximum atomic E-state index is 11.7. The second kappa shape index (κ2) is 5.80. The Balaban J connectivity index is 1.87. The Bertz CT molecular complexity index is 813. The van der Waals surface area contributed by atoms with Crippen LogP contribution in [0.5, 0.6) is 0 Å². The molecule has 1 aliphatic rings. The summed E-state index contributed by atoms with van der Waals surface area (Å²) < 4.78 is 21.8. The Morgan fingerprint density at radius 2 is 2.13 bits per heavy atom. The van der Waals surface area contributed by atoms with Crippen LogP contribution in [0.3, 0.4) is 0 Å². The molecule has 4 atom stereocenters. The van der Waals surface area contributed by atoms with E-state index in [9.17, 15) is 19.6 Å². The molecule has 0 bridgehead atoms. The van der Waals surface area contributed by atoms with Crippen LogP contribution in [0.15, 0.2) is 23.4 Å². The molecule has 0 aromatic carbocycles. The minimum atomic E-state index is -4.73. The molecular formula is C11H14N3O8P. The van der Waals surface area contributed by atoms with Crippen LogP contribution in [0.1, 0.15) is 6.23 Å². The molecule has 0 spiro atoms. The van der Waals surface area contributed by atoms with Gasteiger partial charge in [0.05, 0.1) is 18.3 Å². The van der Waals surface area contributed by atoms with E-state index < -0.39 is 39.0 Å². The number of nitrogens with one attached hydrogen (secondary N) is 1. The van der Waals surface area contributed by atoms with Crippen molar-refractivity contribution in [3.63, 3.8) is 0 Å². The van der Waals surface area contributed by atoms with Crippen LogP contribution < -0.4 is 5.56 Å². The topological polar surface area (TPSA) is 167 Å². The van der Waals surface area contributed by atoms with Gasteiger partial charge >= 0.3 is 7.82 Å². The van der Waals surface area contributed by atoms with Gasteiger partial charge in [0.15, 0.2) is 6.23 Å². The number of aliphatic hydroxyl groups is 2. The van der Waals surface area contributed by atoms with Gasteiger partial charge in [-0.3, -0.25) is 9.32 Å². The summed E-state index contributed by atoms with van der Waals surface area (Å²) in [6.07, 6.45) is -2.40. The van der Waals surface area contributed by atoms with E-state index in [1.807, 2.05) is 0 Å². The highest BCUT2D eigenvalue weighted by molar-refractivity contribution is 7.46. The summed E-state index contributed by atoms with van der Waals surface area (Å²) in [4.78, 5) is 35.4. The first kappa shape index (κ1) is 16.3. The average molecular weight is 347 g/mol. The van der Waals surface area contributed by atoms with E-state index in [-0.39, 0.29) is 16.6 Å². The van der Waals surface area contributed by atoms with Gasteiger partial charge in [-0.1, -0.05) is 0 Å². The average Bonchev–Trinajstić information content (AvgIpc) is 3.01. The van der Waals surface area contributed by atoms with Gasteiger partial charge in [-0.15, -0.1) is 0 Å². The number of hydrogen-bond donors (Lipinski definition) is 5.